The van der Waals surface area contributed by atoms with Crippen LogP contribution in [0.1, 0.15) is 31.2 Å². The number of nitrogens with zero attached hydrogens (tertiary/aromatic N) is 4. The van der Waals surface area contributed by atoms with Gasteiger partial charge in [-0.25, -0.2) is 14.8 Å². The molecule has 3 heterocycles. The van der Waals surface area contributed by atoms with E-state index >= 15 is 0 Å². The second kappa shape index (κ2) is 9.95. The number of aliphatic carboxylic acids is 1. The average Bonchev–Trinajstić information content (AvgIpc) is 2.80. The average molecular weight is 435 g/mol. The molecule has 2 aliphatic rings. The van der Waals surface area contributed by atoms with Gasteiger partial charge in [-0.3, -0.25) is 4.98 Å². The number of nitrogens with one attached hydrogen (secondary N) is 1. The highest BCUT2D eigenvalue weighted by molar-refractivity contribution is 5.85. The topological polar surface area (TPSA) is 121 Å². The second-order valence-electron chi connectivity index (χ2n) is 7.62. The largest absolute Gasteiger partial charge is 0.508 e. The van der Waals surface area contributed by atoms with Gasteiger partial charge in [0.15, 0.2) is 11.6 Å². The van der Waals surface area contributed by atoms with Crippen molar-refractivity contribution >= 4 is 29.5 Å². The van der Waals surface area contributed by atoms with Gasteiger partial charge in [0.1, 0.15) is 23.5 Å². The van der Waals surface area contributed by atoms with E-state index in [-0.39, 0.29) is 6.10 Å². The zero-order valence-corrected chi connectivity index (χ0v) is 17.5. The third-order valence-electron chi connectivity index (χ3n) is 5.18. The van der Waals surface area contributed by atoms with E-state index in [0.29, 0.717) is 41.7 Å². The maximum absolute atomic E-state index is 10.6. The number of rotatable bonds is 7. The lowest BCUT2D eigenvalue weighted by Gasteiger charge is -2.34. The van der Waals surface area contributed by atoms with Crippen LogP contribution < -0.4 is 10.2 Å². The summed E-state index contributed by atoms with van der Waals surface area (Å²) in [4.78, 5) is 26.0. The summed E-state index contributed by atoms with van der Waals surface area (Å²) in [6, 6.07) is 3.51. The first kappa shape index (κ1) is 21.4. The summed E-state index contributed by atoms with van der Waals surface area (Å²) >= 11 is 0. The molecule has 3 N–H and O–H groups in total. The molecule has 1 unspecified atom stereocenters. The Labute approximate surface area is 185 Å². The van der Waals surface area contributed by atoms with Gasteiger partial charge in [0.25, 0.3) is 0 Å². The van der Waals surface area contributed by atoms with Crippen LogP contribution in [-0.2, 0) is 9.53 Å². The molecule has 1 aliphatic carbocycles. The number of hydrogen-bond acceptors (Lipinski definition) is 8. The van der Waals surface area contributed by atoms with Crippen molar-refractivity contribution in [3.8, 4) is 0 Å². The van der Waals surface area contributed by atoms with E-state index in [1.807, 2.05) is 12.2 Å². The van der Waals surface area contributed by atoms with Crippen molar-refractivity contribution in [2.45, 2.75) is 31.8 Å². The summed E-state index contributed by atoms with van der Waals surface area (Å²) in [7, 11) is 0. The molecule has 1 fully saturated rings. The number of aliphatic hydroxyl groups is 1. The summed E-state index contributed by atoms with van der Waals surface area (Å²) < 4.78 is 6.05. The fourth-order valence-electron chi connectivity index (χ4n) is 3.60. The standard InChI is InChI=1S/C23H25N5O4/c29-18-5-1-2-6-19(18)32-17-4-3-11-28(15-17)22-14-24-13-21(27-22)26-20-9-7-16(12-25-20)8-10-23(30)31/h2,6-10,12-14,17,29H,1,3-5,11,15H2,(H,30,31)(H,25,26,27)/b10-8+. The van der Waals surface area contributed by atoms with Crippen LogP contribution >= 0.6 is 0 Å². The van der Waals surface area contributed by atoms with Gasteiger partial charge in [0.05, 0.1) is 18.9 Å². The molecule has 0 radical (unpaired) electrons. The molecule has 0 aromatic carbocycles. The molecular weight excluding hydrogens is 410 g/mol. The first-order valence-electron chi connectivity index (χ1n) is 10.5. The van der Waals surface area contributed by atoms with Crippen LogP contribution in [0.3, 0.4) is 0 Å². The van der Waals surface area contributed by atoms with Crippen molar-refractivity contribution in [2.75, 3.05) is 23.3 Å². The molecule has 32 heavy (non-hydrogen) atoms. The Bertz CT molecular complexity index is 1050. The van der Waals surface area contributed by atoms with Crippen LogP contribution in [0.25, 0.3) is 6.08 Å². The maximum atomic E-state index is 10.6. The number of allylic oxidation sites excluding steroid dienone is 3. The van der Waals surface area contributed by atoms with E-state index in [0.717, 1.165) is 37.7 Å². The molecule has 0 spiro atoms. The Balaban J connectivity index is 1.40. The zero-order chi connectivity index (χ0) is 22.3. The Kier molecular flexibility index (Phi) is 6.64. The summed E-state index contributed by atoms with van der Waals surface area (Å²) in [5.41, 5.74) is 0.686. The Morgan fingerprint density at radius 1 is 1.25 bits per heavy atom. The molecule has 1 atom stereocenters. The smallest absolute Gasteiger partial charge is 0.328 e. The number of pyridine rings is 1. The highest BCUT2D eigenvalue weighted by Gasteiger charge is 2.24. The minimum atomic E-state index is -1.01. The molecule has 9 nitrogen and oxygen atoms in total. The second-order valence-corrected chi connectivity index (χ2v) is 7.62. The van der Waals surface area contributed by atoms with Crippen LogP contribution in [0.5, 0.6) is 0 Å². The van der Waals surface area contributed by atoms with Gasteiger partial charge in [0, 0.05) is 25.2 Å². The van der Waals surface area contributed by atoms with Crippen molar-refractivity contribution in [3.63, 3.8) is 0 Å². The predicted octanol–water partition coefficient (Wildman–Crippen LogP) is 3.82. The number of aromatic nitrogens is 3. The van der Waals surface area contributed by atoms with Crippen molar-refractivity contribution in [3.05, 3.63) is 66.0 Å². The minimum absolute atomic E-state index is 0.0323. The molecule has 166 valence electrons. The molecular formula is C23H25N5O4. The predicted molar refractivity (Wildman–Crippen MR) is 121 cm³/mol. The highest BCUT2D eigenvalue weighted by atomic mass is 16.5. The lowest BCUT2D eigenvalue weighted by atomic mass is 10.1. The summed E-state index contributed by atoms with van der Waals surface area (Å²) in [6.07, 6.45) is 14.6. The van der Waals surface area contributed by atoms with Gasteiger partial charge in [0.2, 0.25) is 0 Å². The highest BCUT2D eigenvalue weighted by Crippen LogP contribution is 2.25. The number of aliphatic hydroxyl groups excluding tert-OH is 1. The van der Waals surface area contributed by atoms with E-state index in [1.165, 1.54) is 6.08 Å². The van der Waals surface area contributed by atoms with Gasteiger partial charge in [-0.05, 0) is 49.1 Å². The van der Waals surface area contributed by atoms with Gasteiger partial charge in [-0.2, -0.15) is 0 Å². The van der Waals surface area contributed by atoms with Crippen molar-refractivity contribution < 1.29 is 19.7 Å². The number of carbonyl (C=O) groups is 1. The lowest BCUT2D eigenvalue weighted by Crippen LogP contribution is -2.40. The van der Waals surface area contributed by atoms with E-state index in [2.05, 4.69) is 25.2 Å². The van der Waals surface area contributed by atoms with Crippen LogP contribution in [0.2, 0.25) is 0 Å². The SMILES string of the molecule is O=C(O)/C=C/c1ccc(Nc2cncc(N3CCCC(OC4=C(O)CCC=C4)C3)n2)nc1. The fourth-order valence-corrected chi connectivity index (χ4v) is 3.60. The molecule has 4 rings (SSSR count). The third kappa shape index (κ3) is 5.63. The molecule has 0 amide bonds. The van der Waals surface area contributed by atoms with Crippen molar-refractivity contribution in [1.82, 2.24) is 15.0 Å². The minimum Gasteiger partial charge on any atom is -0.508 e. The summed E-state index contributed by atoms with van der Waals surface area (Å²) in [5, 5.41) is 21.9. The number of hydrogen-bond donors (Lipinski definition) is 3. The monoisotopic (exact) mass is 435 g/mol. The Morgan fingerprint density at radius 2 is 2.16 bits per heavy atom. The molecule has 2 aromatic heterocycles. The number of carboxylic acid groups (broad SMARTS) is 1. The van der Waals surface area contributed by atoms with E-state index in [1.54, 1.807) is 30.7 Å². The van der Waals surface area contributed by atoms with Gasteiger partial charge in [-0.15, -0.1) is 0 Å². The van der Waals surface area contributed by atoms with E-state index < -0.39 is 5.97 Å². The molecule has 9 heteroatoms. The van der Waals surface area contributed by atoms with Crippen molar-refractivity contribution in [1.29, 1.82) is 0 Å². The molecule has 0 saturated carbocycles. The normalized spacial score (nSPS) is 18.8. The van der Waals surface area contributed by atoms with Gasteiger partial charge < -0.3 is 25.2 Å². The van der Waals surface area contributed by atoms with Crippen LogP contribution in [0.4, 0.5) is 17.5 Å². The number of ether oxygens (including phenoxy) is 1. The van der Waals surface area contributed by atoms with Crippen LogP contribution in [-0.4, -0.2) is 50.3 Å². The lowest BCUT2D eigenvalue weighted by molar-refractivity contribution is -0.131. The third-order valence-corrected chi connectivity index (χ3v) is 5.18. The molecule has 1 saturated heterocycles. The fraction of sp³-hybridized carbons (Fsp3) is 0.304. The number of piperidine rings is 1. The van der Waals surface area contributed by atoms with Gasteiger partial charge >= 0.3 is 5.97 Å². The summed E-state index contributed by atoms with van der Waals surface area (Å²) in [6.45, 7) is 1.51. The zero-order valence-electron chi connectivity index (χ0n) is 17.5. The number of carboxylic acids is 1. The van der Waals surface area contributed by atoms with Crippen molar-refractivity contribution in [2.24, 2.45) is 0 Å². The number of anilines is 3. The first-order valence-corrected chi connectivity index (χ1v) is 10.5. The van der Waals surface area contributed by atoms with Crippen LogP contribution in [0, 0.1) is 0 Å². The molecule has 2 aromatic rings. The van der Waals surface area contributed by atoms with Crippen LogP contribution in [0.15, 0.2) is 60.5 Å². The molecule has 1 aliphatic heterocycles. The van der Waals surface area contributed by atoms with E-state index in [4.69, 9.17) is 9.84 Å². The maximum Gasteiger partial charge on any atom is 0.328 e. The van der Waals surface area contributed by atoms with E-state index in [9.17, 15) is 9.90 Å². The quantitative estimate of drug-likeness (QED) is 0.557. The first-order chi connectivity index (χ1) is 15.6. The summed E-state index contributed by atoms with van der Waals surface area (Å²) in [5.74, 6) is 1.75. The Morgan fingerprint density at radius 3 is 2.94 bits per heavy atom. The van der Waals surface area contributed by atoms with Gasteiger partial charge in [-0.1, -0.05) is 6.08 Å². The molecule has 0 bridgehead atoms. The Hall–Kier alpha value is -3.88.